The largest absolute Gasteiger partial charge is 0.504 e. The smallest absolute Gasteiger partial charge is 0.322 e. The molecule has 3 N–H and O–H groups in total. The lowest BCUT2D eigenvalue weighted by atomic mass is 9.92. The van der Waals surface area contributed by atoms with E-state index in [0.717, 1.165) is 25.9 Å². The van der Waals surface area contributed by atoms with Gasteiger partial charge in [0.25, 0.3) is 5.91 Å². The van der Waals surface area contributed by atoms with Crippen molar-refractivity contribution in [1.82, 2.24) is 15.3 Å². The first-order valence-electron chi connectivity index (χ1n) is 11.8. The van der Waals surface area contributed by atoms with Gasteiger partial charge in [0.05, 0.1) is 5.69 Å². The number of rotatable bonds is 7. The molecular weight excluding hydrogens is 444 g/mol. The summed E-state index contributed by atoms with van der Waals surface area (Å²) < 4.78 is 0. The summed E-state index contributed by atoms with van der Waals surface area (Å²) in [5.74, 6) is -1.36. The number of carbonyl (C=O) groups excluding carboxylic acids is 1. The SMILES string of the molecule is Cc1ccc(-c2ccc(N3CCC(Cc4nc(C)c(O)c(C(=O)NCC(=O)O)n4)CC3)cc2)cc1. The second-order valence-electron chi connectivity index (χ2n) is 9.05. The van der Waals surface area contributed by atoms with Crippen LogP contribution in [0.3, 0.4) is 0 Å². The molecule has 0 unspecified atom stereocenters. The van der Waals surface area contributed by atoms with Crippen LogP contribution in [-0.2, 0) is 11.2 Å². The number of anilines is 1. The van der Waals surface area contributed by atoms with E-state index >= 15 is 0 Å². The van der Waals surface area contributed by atoms with Crippen molar-refractivity contribution in [2.75, 3.05) is 24.5 Å². The van der Waals surface area contributed by atoms with Crippen LogP contribution in [0, 0.1) is 19.8 Å². The number of aromatic hydroxyl groups is 1. The molecule has 8 heteroatoms. The number of hydrogen-bond acceptors (Lipinski definition) is 6. The van der Waals surface area contributed by atoms with Gasteiger partial charge in [-0.2, -0.15) is 0 Å². The molecule has 1 aromatic heterocycles. The number of nitrogens with zero attached hydrogens (tertiary/aromatic N) is 3. The van der Waals surface area contributed by atoms with Gasteiger partial charge < -0.3 is 20.4 Å². The number of amides is 1. The summed E-state index contributed by atoms with van der Waals surface area (Å²) in [5, 5.41) is 21.2. The number of aliphatic carboxylic acids is 1. The van der Waals surface area contributed by atoms with Crippen molar-refractivity contribution in [2.24, 2.45) is 5.92 Å². The number of piperidine rings is 1. The summed E-state index contributed by atoms with van der Waals surface area (Å²) >= 11 is 0. The molecule has 8 nitrogen and oxygen atoms in total. The second kappa shape index (κ2) is 10.5. The van der Waals surface area contributed by atoms with Gasteiger partial charge in [-0.1, -0.05) is 42.0 Å². The molecule has 1 fully saturated rings. The topological polar surface area (TPSA) is 116 Å². The zero-order chi connectivity index (χ0) is 24.9. The first kappa shape index (κ1) is 24.2. The zero-order valence-electron chi connectivity index (χ0n) is 20.0. The van der Waals surface area contributed by atoms with Crippen molar-refractivity contribution in [3.8, 4) is 16.9 Å². The number of aromatic nitrogens is 2. The highest BCUT2D eigenvalue weighted by atomic mass is 16.4. The van der Waals surface area contributed by atoms with Gasteiger partial charge in [-0.15, -0.1) is 0 Å². The molecule has 3 aromatic rings. The molecule has 35 heavy (non-hydrogen) atoms. The van der Waals surface area contributed by atoms with E-state index in [9.17, 15) is 14.7 Å². The average Bonchev–Trinajstić information content (AvgIpc) is 2.86. The van der Waals surface area contributed by atoms with E-state index in [2.05, 4.69) is 75.6 Å². The zero-order valence-corrected chi connectivity index (χ0v) is 20.0. The molecule has 2 heterocycles. The van der Waals surface area contributed by atoms with Crippen molar-refractivity contribution in [2.45, 2.75) is 33.1 Å². The first-order valence-corrected chi connectivity index (χ1v) is 11.8. The Hall–Kier alpha value is -3.94. The third-order valence-corrected chi connectivity index (χ3v) is 6.42. The number of carboxylic acid groups (broad SMARTS) is 1. The average molecular weight is 475 g/mol. The third kappa shape index (κ3) is 5.95. The highest BCUT2D eigenvalue weighted by Gasteiger charge is 2.23. The lowest BCUT2D eigenvalue weighted by molar-refractivity contribution is -0.135. The minimum Gasteiger partial charge on any atom is -0.504 e. The first-order chi connectivity index (χ1) is 16.8. The van der Waals surface area contributed by atoms with Crippen LogP contribution in [0.2, 0.25) is 0 Å². The van der Waals surface area contributed by atoms with Crippen molar-refractivity contribution in [3.05, 3.63) is 71.3 Å². The molecule has 182 valence electrons. The van der Waals surface area contributed by atoms with Crippen molar-refractivity contribution < 1.29 is 19.8 Å². The number of carbonyl (C=O) groups is 2. The van der Waals surface area contributed by atoms with E-state index < -0.39 is 18.4 Å². The van der Waals surface area contributed by atoms with E-state index in [4.69, 9.17) is 5.11 Å². The van der Waals surface area contributed by atoms with E-state index in [1.807, 2.05) is 0 Å². The minimum absolute atomic E-state index is 0.181. The number of aryl methyl sites for hydroxylation is 2. The Morgan fingerprint density at radius 2 is 1.57 bits per heavy atom. The Morgan fingerprint density at radius 3 is 2.17 bits per heavy atom. The van der Waals surface area contributed by atoms with Crippen LogP contribution in [0.1, 0.15) is 40.4 Å². The van der Waals surface area contributed by atoms with E-state index in [-0.39, 0.29) is 11.4 Å². The van der Waals surface area contributed by atoms with Crippen LogP contribution in [0.4, 0.5) is 5.69 Å². The maximum absolute atomic E-state index is 12.3. The molecule has 4 rings (SSSR count). The van der Waals surface area contributed by atoms with Gasteiger partial charge in [0, 0.05) is 25.2 Å². The van der Waals surface area contributed by atoms with Gasteiger partial charge in [0.15, 0.2) is 11.4 Å². The molecule has 0 radical (unpaired) electrons. The predicted octanol–water partition coefficient (Wildman–Crippen LogP) is 3.74. The van der Waals surface area contributed by atoms with Crippen LogP contribution in [0.15, 0.2) is 48.5 Å². The maximum atomic E-state index is 12.3. The Bertz CT molecular complexity index is 1200. The fraction of sp³-hybridized carbons (Fsp3) is 0.333. The summed E-state index contributed by atoms with van der Waals surface area (Å²) in [5.41, 5.74) is 4.99. The standard InChI is InChI=1S/C27H30N4O4/c1-17-3-5-20(6-4-17)21-7-9-22(10-8-21)31-13-11-19(12-14-31)15-23-29-18(2)26(34)25(30-23)27(35)28-16-24(32)33/h3-10,19,34H,11-16H2,1-2H3,(H,28,35)(H,32,33). The fourth-order valence-corrected chi connectivity index (χ4v) is 4.38. The van der Waals surface area contributed by atoms with Gasteiger partial charge in [-0.3, -0.25) is 9.59 Å². The Balaban J connectivity index is 1.36. The third-order valence-electron chi connectivity index (χ3n) is 6.42. The van der Waals surface area contributed by atoms with Gasteiger partial charge in [0.2, 0.25) is 0 Å². The van der Waals surface area contributed by atoms with Gasteiger partial charge >= 0.3 is 5.97 Å². The van der Waals surface area contributed by atoms with Crippen LogP contribution in [0.25, 0.3) is 11.1 Å². The second-order valence-corrected chi connectivity index (χ2v) is 9.05. The Morgan fingerprint density at radius 1 is 0.971 bits per heavy atom. The van der Waals surface area contributed by atoms with Crippen LogP contribution in [0.5, 0.6) is 5.75 Å². The molecule has 0 bridgehead atoms. The number of carboxylic acids is 1. The quantitative estimate of drug-likeness (QED) is 0.478. The minimum atomic E-state index is -1.17. The molecule has 0 atom stereocenters. The molecule has 0 spiro atoms. The molecular formula is C27H30N4O4. The van der Waals surface area contributed by atoms with Crippen LogP contribution in [-0.4, -0.2) is 51.7 Å². The van der Waals surface area contributed by atoms with E-state index in [0.29, 0.717) is 23.9 Å². The monoisotopic (exact) mass is 474 g/mol. The molecule has 0 aliphatic carbocycles. The maximum Gasteiger partial charge on any atom is 0.322 e. The predicted molar refractivity (Wildman–Crippen MR) is 134 cm³/mol. The highest BCUT2D eigenvalue weighted by molar-refractivity contribution is 5.96. The lowest BCUT2D eigenvalue weighted by Crippen LogP contribution is -2.34. The molecule has 1 aliphatic heterocycles. The van der Waals surface area contributed by atoms with Gasteiger partial charge in [-0.05, 0) is 55.9 Å². The number of hydrogen-bond donors (Lipinski definition) is 3. The van der Waals surface area contributed by atoms with Gasteiger partial charge in [0.1, 0.15) is 12.4 Å². The summed E-state index contributed by atoms with van der Waals surface area (Å²) in [4.78, 5) is 34.0. The summed E-state index contributed by atoms with van der Waals surface area (Å²) in [6, 6.07) is 17.2. The van der Waals surface area contributed by atoms with Gasteiger partial charge in [-0.25, -0.2) is 9.97 Å². The molecule has 2 aromatic carbocycles. The molecule has 1 saturated heterocycles. The fourth-order valence-electron chi connectivity index (χ4n) is 4.38. The molecule has 0 saturated carbocycles. The lowest BCUT2D eigenvalue weighted by Gasteiger charge is -2.33. The van der Waals surface area contributed by atoms with Crippen LogP contribution < -0.4 is 10.2 Å². The summed E-state index contributed by atoms with van der Waals surface area (Å²) in [6.07, 6.45) is 2.52. The Labute approximate surface area is 204 Å². The van der Waals surface area contributed by atoms with Crippen LogP contribution >= 0.6 is 0 Å². The van der Waals surface area contributed by atoms with Crippen molar-refractivity contribution in [3.63, 3.8) is 0 Å². The van der Waals surface area contributed by atoms with E-state index in [1.165, 1.54) is 22.4 Å². The summed E-state index contributed by atoms with van der Waals surface area (Å²) in [6.45, 7) is 4.98. The normalized spacial score (nSPS) is 14.1. The van der Waals surface area contributed by atoms with Crippen molar-refractivity contribution in [1.29, 1.82) is 0 Å². The van der Waals surface area contributed by atoms with E-state index in [1.54, 1.807) is 6.92 Å². The number of benzene rings is 2. The molecule has 1 amide bonds. The summed E-state index contributed by atoms with van der Waals surface area (Å²) in [7, 11) is 0. The molecule has 1 aliphatic rings. The number of nitrogens with one attached hydrogen (secondary N) is 1. The Kier molecular flexibility index (Phi) is 7.29. The van der Waals surface area contributed by atoms with Crippen molar-refractivity contribution >= 4 is 17.6 Å². The highest BCUT2D eigenvalue weighted by Crippen LogP contribution is 2.28.